The third-order valence-electron chi connectivity index (χ3n) is 6.25. The summed E-state index contributed by atoms with van der Waals surface area (Å²) >= 11 is 0. The first kappa shape index (κ1) is 26.0. The van der Waals surface area contributed by atoms with E-state index in [1.54, 1.807) is 30.3 Å². The van der Waals surface area contributed by atoms with Gasteiger partial charge in [-0.15, -0.1) is 0 Å². The smallest absolute Gasteiger partial charge is 0.343 e. The molecule has 1 heterocycles. The number of carbonyl (C=O) groups is 2. The van der Waals surface area contributed by atoms with E-state index in [4.69, 9.17) is 14.2 Å². The van der Waals surface area contributed by atoms with Crippen molar-refractivity contribution in [3.63, 3.8) is 0 Å². The molecule has 11 heteroatoms. The fourth-order valence-corrected chi connectivity index (χ4v) is 4.28. The fourth-order valence-electron chi connectivity index (χ4n) is 4.28. The van der Waals surface area contributed by atoms with E-state index in [1.807, 2.05) is 6.07 Å². The normalized spacial score (nSPS) is 15.9. The summed E-state index contributed by atoms with van der Waals surface area (Å²) in [4.78, 5) is 25.6. The zero-order valence-electron chi connectivity index (χ0n) is 20.5. The zero-order chi connectivity index (χ0) is 28.6. The van der Waals surface area contributed by atoms with Gasteiger partial charge in [-0.05, 0) is 53.6 Å². The van der Waals surface area contributed by atoms with Gasteiger partial charge in [0.05, 0.1) is 11.1 Å². The van der Waals surface area contributed by atoms with E-state index in [1.165, 1.54) is 12.1 Å². The Hall–Kier alpha value is -5.58. The Labute approximate surface area is 226 Å². The molecule has 0 fully saturated rings. The average molecular weight is 546 g/mol. The lowest BCUT2D eigenvalue weighted by Gasteiger charge is -2.33. The Morgan fingerprint density at radius 1 is 0.700 bits per heavy atom. The predicted molar refractivity (Wildman–Crippen MR) is 137 cm³/mol. The van der Waals surface area contributed by atoms with Crippen LogP contribution in [0.2, 0.25) is 0 Å². The van der Waals surface area contributed by atoms with Gasteiger partial charge in [-0.2, -0.15) is 0 Å². The van der Waals surface area contributed by atoms with Gasteiger partial charge in [0.1, 0.15) is 17.6 Å². The first-order chi connectivity index (χ1) is 19.1. The van der Waals surface area contributed by atoms with Crippen molar-refractivity contribution in [1.82, 2.24) is 0 Å². The lowest BCUT2D eigenvalue weighted by molar-refractivity contribution is -0.0183. The molecule has 4 aromatic carbocycles. The monoisotopic (exact) mass is 546 g/mol. The second kappa shape index (κ2) is 10.3. The van der Waals surface area contributed by atoms with E-state index in [2.05, 4.69) is 0 Å². The summed E-state index contributed by atoms with van der Waals surface area (Å²) in [7, 11) is 0. The standard InChI is InChI=1S/C29H22O11/c30-19-9-16(10-20(31)25(19)34)28(36)38-18-6-3-5-15(8-18)27-24(13-14-4-1-2-7-23(14)39-27)40-29(37)17-11-21(32)26(35)22(33)12-17/h1-12,24,27,30-35H,13H2. The molecule has 204 valence electrons. The van der Waals surface area contributed by atoms with Crippen LogP contribution in [0.4, 0.5) is 0 Å². The number of para-hydroxylation sites is 1. The van der Waals surface area contributed by atoms with Crippen LogP contribution in [-0.4, -0.2) is 48.7 Å². The van der Waals surface area contributed by atoms with E-state index in [0.717, 1.165) is 29.8 Å². The van der Waals surface area contributed by atoms with E-state index in [-0.39, 0.29) is 23.3 Å². The summed E-state index contributed by atoms with van der Waals surface area (Å²) in [6.45, 7) is 0. The van der Waals surface area contributed by atoms with Crippen molar-refractivity contribution in [2.24, 2.45) is 0 Å². The average Bonchev–Trinajstić information content (AvgIpc) is 2.93. The van der Waals surface area contributed by atoms with Crippen LogP contribution in [0.15, 0.2) is 72.8 Å². The Morgan fingerprint density at radius 3 is 1.90 bits per heavy atom. The third kappa shape index (κ3) is 5.07. The zero-order valence-corrected chi connectivity index (χ0v) is 20.5. The highest BCUT2D eigenvalue weighted by Gasteiger charge is 2.35. The molecule has 5 rings (SSSR count). The summed E-state index contributed by atoms with van der Waals surface area (Å²) < 4.78 is 17.3. The summed E-state index contributed by atoms with van der Waals surface area (Å²) in [6.07, 6.45) is -1.50. The first-order valence-corrected chi connectivity index (χ1v) is 11.9. The number of esters is 2. The van der Waals surface area contributed by atoms with Gasteiger partial charge in [-0.25, -0.2) is 9.59 Å². The fraction of sp³-hybridized carbons (Fsp3) is 0.103. The number of ether oxygens (including phenoxy) is 3. The molecule has 40 heavy (non-hydrogen) atoms. The Balaban J connectivity index is 1.43. The number of aromatic hydroxyl groups is 6. The molecule has 4 aromatic rings. The molecule has 2 unspecified atom stereocenters. The molecule has 2 atom stereocenters. The van der Waals surface area contributed by atoms with Crippen molar-refractivity contribution in [3.8, 4) is 46.0 Å². The summed E-state index contributed by atoms with van der Waals surface area (Å²) in [5.41, 5.74) is 0.828. The lowest BCUT2D eigenvalue weighted by Crippen LogP contribution is -2.34. The van der Waals surface area contributed by atoms with Gasteiger partial charge in [0.2, 0.25) is 0 Å². The Kier molecular flexibility index (Phi) is 6.70. The molecule has 0 spiro atoms. The molecular formula is C29H22O11. The van der Waals surface area contributed by atoms with Gasteiger partial charge < -0.3 is 44.8 Å². The molecule has 0 bridgehead atoms. The summed E-state index contributed by atoms with van der Waals surface area (Å²) in [5.74, 6) is -5.51. The van der Waals surface area contributed by atoms with Crippen LogP contribution in [-0.2, 0) is 11.2 Å². The SMILES string of the molecule is O=C(Oc1cccc(C2Oc3ccccc3CC2OC(=O)c2cc(O)c(O)c(O)c2)c1)c1cc(O)c(O)c(O)c1. The third-order valence-corrected chi connectivity index (χ3v) is 6.25. The number of hydrogen-bond donors (Lipinski definition) is 6. The van der Waals surface area contributed by atoms with Gasteiger partial charge in [-0.1, -0.05) is 30.3 Å². The van der Waals surface area contributed by atoms with Crippen molar-refractivity contribution in [1.29, 1.82) is 0 Å². The van der Waals surface area contributed by atoms with Crippen molar-refractivity contribution < 1.29 is 54.4 Å². The van der Waals surface area contributed by atoms with E-state index in [9.17, 15) is 40.2 Å². The number of carbonyl (C=O) groups excluding carboxylic acids is 2. The van der Waals surface area contributed by atoms with Crippen LogP contribution < -0.4 is 9.47 Å². The van der Waals surface area contributed by atoms with Crippen LogP contribution in [0.1, 0.15) is 37.9 Å². The summed E-state index contributed by atoms with van der Waals surface area (Å²) in [5, 5.41) is 58.1. The highest BCUT2D eigenvalue weighted by atomic mass is 16.6. The molecular weight excluding hydrogens is 524 g/mol. The number of benzene rings is 4. The van der Waals surface area contributed by atoms with Gasteiger partial charge in [0.25, 0.3) is 0 Å². The number of fused-ring (bicyclic) bond motifs is 1. The Morgan fingerprint density at radius 2 is 1.27 bits per heavy atom. The van der Waals surface area contributed by atoms with Crippen molar-refractivity contribution in [3.05, 3.63) is 95.1 Å². The largest absolute Gasteiger partial charge is 0.504 e. The van der Waals surface area contributed by atoms with Crippen LogP contribution in [0, 0.1) is 0 Å². The predicted octanol–water partition coefficient (Wildman–Crippen LogP) is 4.04. The minimum Gasteiger partial charge on any atom is -0.504 e. The van der Waals surface area contributed by atoms with Crippen molar-refractivity contribution in [2.45, 2.75) is 18.6 Å². The molecule has 1 aliphatic heterocycles. The van der Waals surface area contributed by atoms with Crippen molar-refractivity contribution in [2.75, 3.05) is 0 Å². The highest BCUT2D eigenvalue weighted by Crippen LogP contribution is 2.40. The van der Waals surface area contributed by atoms with E-state index >= 15 is 0 Å². The quantitative estimate of drug-likeness (QED) is 0.121. The van der Waals surface area contributed by atoms with Crippen LogP contribution in [0.25, 0.3) is 0 Å². The molecule has 0 aliphatic carbocycles. The van der Waals surface area contributed by atoms with E-state index in [0.29, 0.717) is 11.3 Å². The van der Waals surface area contributed by atoms with Crippen LogP contribution >= 0.6 is 0 Å². The number of phenolic OH excluding ortho intramolecular Hbond substituents is 6. The molecule has 0 amide bonds. The number of hydrogen-bond acceptors (Lipinski definition) is 11. The molecule has 0 saturated heterocycles. The number of phenols is 6. The molecule has 1 aliphatic rings. The minimum absolute atomic E-state index is 0.0791. The van der Waals surface area contributed by atoms with Gasteiger partial charge in [-0.3, -0.25) is 0 Å². The van der Waals surface area contributed by atoms with Crippen LogP contribution in [0.3, 0.4) is 0 Å². The van der Waals surface area contributed by atoms with Crippen LogP contribution in [0.5, 0.6) is 46.0 Å². The molecule has 11 nitrogen and oxygen atoms in total. The van der Waals surface area contributed by atoms with Gasteiger partial charge in [0.15, 0.2) is 40.6 Å². The molecule has 0 radical (unpaired) electrons. The minimum atomic E-state index is -0.924. The maximum Gasteiger partial charge on any atom is 0.343 e. The second-order valence-electron chi connectivity index (χ2n) is 8.98. The Bertz CT molecular complexity index is 1580. The maximum absolute atomic E-state index is 13.0. The number of rotatable bonds is 5. The first-order valence-electron chi connectivity index (χ1n) is 11.9. The second-order valence-corrected chi connectivity index (χ2v) is 8.98. The topological polar surface area (TPSA) is 183 Å². The van der Waals surface area contributed by atoms with Gasteiger partial charge in [0, 0.05) is 6.42 Å². The van der Waals surface area contributed by atoms with Crippen molar-refractivity contribution >= 4 is 11.9 Å². The van der Waals surface area contributed by atoms with E-state index < -0.39 is 58.6 Å². The molecule has 0 saturated carbocycles. The highest BCUT2D eigenvalue weighted by molar-refractivity contribution is 5.93. The maximum atomic E-state index is 13.0. The lowest BCUT2D eigenvalue weighted by atomic mass is 9.94. The van der Waals surface area contributed by atoms with Gasteiger partial charge >= 0.3 is 11.9 Å². The molecule has 0 aromatic heterocycles. The summed E-state index contributed by atoms with van der Waals surface area (Å²) in [6, 6.07) is 17.2. The molecule has 6 N–H and O–H groups in total.